The summed E-state index contributed by atoms with van der Waals surface area (Å²) in [7, 11) is 0. The molecule has 0 aliphatic heterocycles. The van der Waals surface area contributed by atoms with Crippen LogP contribution in [0.15, 0.2) is 72.9 Å². The fourth-order valence-corrected chi connectivity index (χ4v) is 7.58. The molecule has 1 unspecified atom stereocenters. The summed E-state index contributed by atoms with van der Waals surface area (Å²) in [5, 5.41) is 0. The van der Waals surface area contributed by atoms with Crippen LogP contribution in [0.1, 0.15) is 265 Å². The number of ether oxygens (including phenoxy) is 3. The van der Waals surface area contributed by atoms with Crippen LogP contribution in [0.5, 0.6) is 0 Å². The fraction of sp³-hybridized carbons (Fsp3) is 0.746. The van der Waals surface area contributed by atoms with E-state index < -0.39 is 6.10 Å². The monoisotopic (exact) mass is 907 g/mol. The average molecular weight is 907 g/mol. The quantitative estimate of drug-likeness (QED) is 0.0262. The molecule has 0 bridgehead atoms. The zero-order valence-electron chi connectivity index (χ0n) is 42.7. The first kappa shape index (κ1) is 61.9. The molecule has 0 rings (SSSR count). The Morgan fingerprint density at radius 3 is 0.969 bits per heavy atom. The smallest absolute Gasteiger partial charge is 0.306 e. The molecule has 6 nitrogen and oxygen atoms in total. The Bertz CT molecular complexity index is 1230. The van der Waals surface area contributed by atoms with E-state index in [1.807, 2.05) is 0 Å². The molecule has 0 aliphatic rings. The highest BCUT2D eigenvalue weighted by Crippen LogP contribution is 2.15. The van der Waals surface area contributed by atoms with Crippen LogP contribution in [0.25, 0.3) is 0 Å². The number of carbonyl (C=O) groups excluding carboxylic acids is 3. The molecule has 0 fully saturated rings. The van der Waals surface area contributed by atoms with Crippen molar-refractivity contribution in [2.45, 2.75) is 271 Å². The Morgan fingerprint density at radius 2 is 0.600 bits per heavy atom. The van der Waals surface area contributed by atoms with E-state index in [4.69, 9.17) is 14.2 Å². The molecular weight excluding hydrogens is 805 g/mol. The number of unbranched alkanes of at least 4 members (excludes halogenated alkanes) is 26. The minimum absolute atomic E-state index is 0.0840. The number of esters is 3. The van der Waals surface area contributed by atoms with Gasteiger partial charge in [-0.3, -0.25) is 14.4 Å². The van der Waals surface area contributed by atoms with Gasteiger partial charge in [-0.25, -0.2) is 0 Å². The standard InChI is InChI=1S/C59H102O6/c1-4-7-10-13-16-19-22-25-27-28-29-30-32-34-37-40-43-46-49-52-58(61)64-55-56(54-63-57(60)51-48-45-42-39-36-33-24-21-18-15-12-9-6-3)65-59(62)53-50-47-44-41-38-35-31-26-23-20-17-14-11-8-5-2/h7,10,16-17,19-20,25-27,29-31,56H,4-6,8-9,11-15,18,21-24,28,32-55H2,1-3H3/b10-7-,19-16-,20-17-,27-25-,30-29-,31-26-. The largest absolute Gasteiger partial charge is 0.462 e. The van der Waals surface area contributed by atoms with Gasteiger partial charge in [0, 0.05) is 19.3 Å². The summed E-state index contributed by atoms with van der Waals surface area (Å²) in [6.07, 6.45) is 67.4. The van der Waals surface area contributed by atoms with Crippen molar-refractivity contribution in [3.8, 4) is 0 Å². The minimum Gasteiger partial charge on any atom is -0.462 e. The number of rotatable bonds is 49. The fourth-order valence-electron chi connectivity index (χ4n) is 7.58. The molecule has 0 aromatic heterocycles. The third kappa shape index (κ3) is 51.7. The van der Waals surface area contributed by atoms with E-state index in [9.17, 15) is 14.4 Å². The third-order valence-electron chi connectivity index (χ3n) is 11.7. The van der Waals surface area contributed by atoms with Crippen molar-refractivity contribution in [2.24, 2.45) is 0 Å². The SMILES string of the molecule is CC/C=C\C/C=C\C/C=C\C/C=C\CCCCCCCCC(=O)OCC(COC(=O)CCCCCCCCCCCCCCC)OC(=O)CCCCCCC/C=C\C/C=C\CCCCC. The average Bonchev–Trinajstić information content (AvgIpc) is 3.30. The summed E-state index contributed by atoms with van der Waals surface area (Å²) < 4.78 is 16.8. The van der Waals surface area contributed by atoms with Crippen LogP contribution in [0, 0.1) is 0 Å². The van der Waals surface area contributed by atoms with Gasteiger partial charge in [-0.15, -0.1) is 0 Å². The molecule has 0 N–H and O–H groups in total. The van der Waals surface area contributed by atoms with Crippen LogP contribution in [0.2, 0.25) is 0 Å². The van der Waals surface area contributed by atoms with E-state index in [-0.39, 0.29) is 31.1 Å². The summed E-state index contributed by atoms with van der Waals surface area (Å²) in [6.45, 7) is 6.49. The molecule has 0 heterocycles. The summed E-state index contributed by atoms with van der Waals surface area (Å²) in [5.41, 5.74) is 0. The Hall–Kier alpha value is -3.15. The Labute approximate surface area is 402 Å². The van der Waals surface area contributed by atoms with Gasteiger partial charge in [0.2, 0.25) is 0 Å². The summed E-state index contributed by atoms with van der Waals surface area (Å²) in [5.74, 6) is -0.906. The van der Waals surface area contributed by atoms with Crippen molar-refractivity contribution < 1.29 is 28.6 Å². The molecular formula is C59H102O6. The highest BCUT2D eigenvalue weighted by atomic mass is 16.6. The molecule has 0 spiro atoms. The second kappa shape index (κ2) is 53.5. The van der Waals surface area contributed by atoms with Crippen molar-refractivity contribution in [3.05, 3.63) is 72.9 Å². The molecule has 0 amide bonds. The second-order valence-electron chi connectivity index (χ2n) is 18.1. The zero-order valence-corrected chi connectivity index (χ0v) is 42.7. The van der Waals surface area contributed by atoms with Gasteiger partial charge in [0.1, 0.15) is 13.2 Å². The lowest BCUT2D eigenvalue weighted by atomic mass is 10.0. The van der Waals surface area contributed by atoms with Crippen molar-refractivity contribution in [1.29, 1.82) is 0 Å². The van der Waals surface area contributed by atoms with Gasteiger partial charge in [0.05, 0.1) is 0 Å². The molecule has 0 saturated heterocycles. The molecule has 1 atom stereocenters. The lowest BCUT2D eigenvalue weighted by Crippen LogP contribution is -2.30. The van der Waals surface area contributed by atoms with E-state index in [0.717, 1.165) is 116 Å². The second-order valence-corrected chi connectivity index (χ2v) is 18.1. The van der Waals surface area contributed by atoms with E-state index in [1.54, 1.807) is 0 Å². The summed E-state index contributed by atoms with van der Waals surface area (Å²) in [6, 6.07) is 0. The van der Waals surface area contributed by atoms with Gasteiger partial charge >= 0.3 is 17.9 Å². The van der Waals surface area contributed by atoms with E-state index >= 15 is 0 Å². The van der Waals surface area contributed by atoms with Crippen LogP contribution in [0.3, 0.4) is 0 Å². The highest BCUT2D eigenvalue weighted by molar-refractivity contribution is 5.71. The van der Waals surface area contributed by atoms with Crippen molar-refractivity contribution in [1.82, 2.24) is 0 Å². The highest BCUT2D eigenvalue weighted by Gasteiger charge is 2.19. The first-order valence-corrected chi connectivity index (χ1v) is 27.4. The predicted molar refractivity (Wildman–Crippen MR) is 279 cm³/mol. The molecule has 0 saturated carbocycles. The minimum atomic E-state index is -0.787. The molecule has 0 aliphatic carbocycles. The Balaban J connectivity index is 4.41. The maximum absolute atomic E-state index is 12.8. The van der Waals surface area contributed by atoms with Gasteiger partial charge in [-0.05, 0) is 89.9 Å². The topological polar surface area (TPSA) is 78.9 Å². The van der Waals surface area contributed by atoms with Crippen LogP contribution in [0.4, 0.5) is 0 Å². The molecule has 0 aromatic rings. The lowest BCUT2D eigenvalue weighted by Gasteiger charge is -2.18. The van der Waals surface area contributed by atoms with Crippen LogP contribution >= 0.6 is 0 Å². The first-order valence-electron chi connectivity index (χ1n) is 27.4. The van der Waals surface area contributed by atoms with E-state index in [2.05, 4.69) is 93.7 Å². The van der Waals surface area contributed by atoms with E-state index in [1.165, 1.54) is 109 Å². The number of hydrogen-bond donors (Lipinski definition) is 0. The molecule has 6 heteroatoms. The molecule has 374 valence electrons. The lowest BCUT2D eigenvalue weighted by molar-refractivity contribution is -0.167. The number of carbonyl (C=O) groups is 3. The summed E-state index contributed by atoms with van der Waals surface area (Å²) >= 11 is 0. The maximum atomic E-state index is 12.8. The molecule has 0 radical (unpaired) electrons. The number of allylic oxidation sites excluding steroid dienone is 12. The number of hydrogen-bond acceptors (Lipinski definition) is 6. The summed E-state index contributed by atoms with van der Waals surface area (Å²) in [4.78, 5) is 38.1. The van der Waals surface area contributed by atoms with E-state index in [0.29, 0.717) is 19.3 Å². The molecule has 0 aromatic carbocycles. The van der Waals surface area contributed by atoms with Crippen molar-refractivity contribution >= 4 is 17.9 Å². The van der Waals surface area contributed by atoms with Crippen molar-refractivity contribution in [3.63, 3.8) is 0 Å². The predicted octanol–water partition coefficient (Wildman–Crippen LogP) is 18.2. The maximum Gasteiger partial charge on any atom is 0.306 e. The normalized spacial score (nSPS) is 12.6. The molecule has 65 heavy (non-hydrogen) atoms. The van der Waals surface area contributed by atoms with Gasteiger partial charge in [0.15, 0.2) is 6.10 Å². The zero-order chi connectivity index (χ0) is 47.2. The van der Waals surface area contributed by atoms with Crippen LogP contribution in [-0.4, -0.2) is 37.2 Å². The van der Waals surface area contributed by atoms with Gasteiger partial charge in [-0.1, -0.05) is 229 Å². The van der Waals surface area contributed by atoms with Gasteiger partial charge in [0.25, 0.3) is 0 Å². The van der Waals surface area contributed by atoms with Crippen molar-refractivity contribution in [2.75, 3.05) is 13.2 Å². The van der Waals surface area contributed by atoms with Gasteiger partial charge < -0.3 is 14.2 Å². The Kier molecular flexibility index (Phi) is 50.9. The first-order chi connectivity index (χ1) is 32.0. The Morgan fingerprint density at radius 1 is 0.323 bits per heavy atom. The third-order valence-corrected chi connectivity index (χ3v) is 11.7. The van der Waals surface area contributed by atoms with Crippen LogP contribution in [-0.2, 0) is 28.6 Å². The van der Waals surface area contributed by atoms with Gasteiger partial charge in [-0.2, -0.15) is 0 Å². The van der Waals surface area contributed by atoms with Crippen LogP contribution < -0.4 is 0 Å².